The minimum absolute atomic E-state index is 0.0394. The van der Waals surface area contributed by atoms with Crippen molar-refractivity contribution in [2.75, 3.05) is 51.3 Å². The van der Waals surface area contributed by atoms with Crippen molar-refractivity contribution >= 4 is 23.4 Å². The maximum Gasteiger partial charge on any atom is 0.260 e. The fourth-order valence-electron chi connectivity index (χ4n) is 7.69. The number of nitrogens with zero attached hydrogens (tertiary/aromatic N) is 4. The van der Waals surface area contributed by atoms with E-state index in [4.69, 9.17) is 4.74 Å². The largest absolute Gasteiger partial charge is 0.383 e. The molecule has 3 amide bonds. The number of amides is 3. The second-order valence-electron chi connectivity index (χ2n) is 12.3. The lowest BCUT2D eigenvalue weighted by Gasteiger charge is -2.45. The number of methoxy groups -OCH3 is 1. The van der Waals surface area contributed by atoms with Gasteiger partial charge >= 0.3 is 0 Å². The molecule has 0 saturated carbocycles. The van der Waals surface area contributed by atoms with E-state index < -0.39 is 6.17 Å². The molecule has 0 bridgehead atoms. The van der Waals surface area contributed by atoms with E-state index >= 15 is 0 Å². The summed E-state index contributed by atoms with van der Waals surface area (Å²) in [5.74, 6) is 0.663. The molecule has 4 aliphatic heterocycles. The number of unbranched alkanes of at least 4 members (excludes halogenated alkanes) is 2. The van der Waals surface area contributed by atoms with Crippen molar-refractivity contribution in [1.29, 1.82) is 0 Å². The number of carbonyl (C=O) groups is 3. The molecule has 2 fully saturated rings. The highest BCUT2D eigenvalue weighted by Gasteiger charge is 2.47. The fourth-order valence-corrected chi connectivity index (χ4v) is 7.69. The molecule has 0 N–H and O–H groups in total. The van der Waals surface area contributed by atoms with E-state index in [9.17, 15) is 14.4 Å². The summed E-state index contributed by atoms with van der Waals surface area (Å²) in [6.45, 7) is 4.98. The first-order valence-electron chi connectivity index (χ1n) is 15.9. The molecule has 8 heteroatoms. The lowest BCUT2D eigenvalue weighted by atomic mass is 9.83. The molecule has 4 heterocycles. The van der Waals surface area contributed by atoms with Crippen LogP contribution < -0.4 is 4.90 Å². The van der Waals surface area contributed by atoms with Crippen molar-refractivity contribution in [3.05, 3.63) is 65.2 Å². The van der Waals surface area contributed by atoms with Crippen LogP contribution in [0.1, 0.15) is 90.2 Å². The average molecular weight is 573 g/mol. The average Bonchev–Trinajstić information content (AvgIpc) is 3.32. The quantitative estimate of drug-likeness (QED) is 0.350. The Hall–Kier alpha value is -3.23. The highest BCUT2D eigenvalue weighted by Crippen LogP contribution is 2.45. The predicted molar refractivity (Wildman–Crippen MR) is 162 cm³/mol. The Kier molecular flexibility index (Phi) is 8.91. The zero-order valence-corrected chi connectivity index (χ0v) is 24.9. The Morgan fingerprint density at radius 1 is 0.905 bits per heavy atom. The van der Waals surface area contributed by atoms with Gasteiger partial charge in [-0.25, -0.2) is 0 Å². The van der Waals surface area contributed by atoms with E-state index in [2.05, 4.69) is 9.80 Å². The van der Waals surface area contributed by atoms with E-state index in [-0.39, 0.29) is 17.7 Å². The SMILES string of the molecule is COCCN(C[C@@H]1CCCN2CCCC[C@H]12)C(=O)CCCCCN1C(=O)c2ccccc2N2C(=O)c3ccccc3C12. The summed E-state index contributed by atoms with van der Waals surface area (Å²) in [6, 6.07) is 15.6. The van der Waals surface area contributed by atoms with Gasteiger partial charge in [-0.1, -0.05) is 43.2 Å². The van der Waals surface area contributed by atoms with Crippen LogP contribution in [0.4, 0.5) is 5.69 Å². The van der Waals surface area contributed by atoms with Gasteiger partial charge in [0.1, 0.15) is 6.17 Å². The molecular weight excluding hydrogens is 528 g/mol. The van der Waals surface area contributed by atoms with Gasteiger partial charge in [-0.2, -0.15) is 0 Å². The number of rotatable bonds is 11. The number of fused-ring (bicyclic) bond motifs is 6. The van der Waals surface area contributed by atoms with E-state index in [0.29, 0.717) is 54.9 Å². The van der Waals surface area contributed by atoms with Gasteiger partial charge in [-0.3, -0.25) is 19.3 Å². The summed E-state index contributed by atoms with van der Waals surface area (Å²) in [5.41, 5.74) is 2.79. The molecule has 0 aromatic heterocycles. The third-order valence-electron chi connectivity index (χ3n) is 9.77. The lowest BCUT2D eigenvalue weighted by Crippen LogP contribution is -2.52. The number of ether oxygens (including phenoxy) is 1. The highest BCUT2D eigenvalue weighted by molar-refractivity contribution is 6.16. The van der Waals surface area contributed by atoms with Crippen LogP contribution in [-0.4, -0.2) is 84.9 Å². The first-order valence-corrected chi connectivity index (χ1v) is 15.9. The molecule has 0 aliphatic carbocycles. The standard InChI is InChI=1S/C34H44N4O4/c1-42-23-22-36(24-25-12-11-20-35-19-10-8-16-29(25)35)31(39)18-3-2-9-21-37-32-26-13-4-5-14-27(26)34(41)38(32)30-17-7-6-15-28(30)33(37)40/h4-7,13-15,17,25,29,32H,2-3,8-12,16,18-24H2,1H3/t25-,29+,32?/m0/s1. The van der Waals surface area contributed by atoms with Crippen LogP contribution in [0.2, 0.25) is 0 Å². The van der Waals surface area contributed by atoms with E-state index in [1.165, 1.54) is 45.2 Å². The summed E-state index contributed by atoms with van der Waals surface area (Å²) in [6.07, 6.45) is 8.78. The fraction of sp³-hybridized carbons (Fsp3) is 0.559. The molecular formula is C34H44N4O4. The second-order valence-corrected chi connectivity index (χ2v) is 12.3. The molecule has 4 aliphatic rings. The molecule has 8 nitrogen and oxygen atoms in total. The monoisotopic (exact) mass is 572 g/mol. The summed E-state index contributed by atoms with van der Waals surface area (Å²) in [5, 5.41) is 0. The molecule has 3 atom stereocenters. The summed E-state index contributed by atoms with van der Waals surface area (Å²) >= 11 is 0. The van der Waals surface area contributed by atoms with Crippen molar-refractivity contribution in [3.8, 4) is 0 Å². The molecule has 2 aromatic rings. The second kappa shape index (κ2) is 13.0. The van der Waals surface area contributed by atoms with E-state index in [1.807, 2.05) is 53.4 Å². The maximum atomic E-state index is 13.6. The Balaban J connectivity index is 1.06. The third kappa shape index (κ3) is 5.59. The molecule has 1 unspecified atom stereocenters. The van der Waals surface area contributed by atoms with Crippen molar-refractivity contribution in [2.45, 2.75) is 70.0 Å². The normalized spacial score (nSPS) is 23.3. The third-order valence-corrected chi connectivity index (χ3v) is 9.77. The van der Waals surface area contributed by atoms with Gasteiger partial charge in [0.2, 0.25) is 5.91 Å². The first-order chi connectivity index (χ1) is 20.6. The minimum atomic E-state index is -0.419. The number of carbonyl (C=O) groups excluding carboxylic acids is 3. The van der Waals surface area contributed by atoms with Crippen LogP contribution in [0.3, 0.4) is 0 Å². The molecule has 2 saturated heterocycles. The number of hydrogen-bond donors (Lipinski definition) is 0. The van der Waals surface area contributed by atoms with Crippen LogP contribution in [-0.2, 0) is 9.53 Å². The van der Waals surface area contributed by atoms with Crippen molar-refractivity contribution in [1.82, 2.24) is 14.7 Å². The Morgan fingerprint density at radius 3 is 2.55 bits per heavy atom. The number of hydrogen-bond acceptors (Lipinski definition) is 5. The first kappa shape index (κ1) is 28.9. The Labute approximate surface area is 249 Å². The highest BCUT2D eigenvalue weighted by atomic mass is 16.5. The van der Waals surface area contributed by atoms with Crippen LogP contribution in [0.15, 0.2) is 48.5 Å². The smallest absolute Gasteiger partial charge is 0.260 e. The lowest BCUT2D eigenvalue weighted by molar-refractivity contribution is -0.133. The van der Waals surface area contributed by atoms with Crippen molar-refractivity contribution in [2.24, 2.45) is 5.92 Å². The van der Waals surface area contributed by atoms with Crippen LogP contribution in [0, 0.1) is 5.92 Å². The van der Waals surface area contributed by atoms with E-state index in [0.717, 1.165) is 31.4 Å². The topological polar surface area (TPSA) is 73.4 Å². The van der Waals surface area contributed by atoms with Gasteiger partial charge in [0.05, 0.1) is 17.9 Å². The zero-order chi connectivity index (χ0) is 29.1. The number of benzene rings is 2. The molecule has 224 valence electrons. The number of para-hydroxylation sites is 1. The molecule has 0 spiro atoms. The van der Waals surface area contributed by atoms with Crippen molar-refractivity contribution < 1.29 is 19.1 Å². The van der Waals surface area contributed by atoms with Gasteiger partial charge in [-0.15, -0.1) is 0 Å². The van der Waals surface area contributed by atoms with Gasteiger partial charge in [-0.05, 0) is 75.7 Å². The van der Waals surface area contributed by atoms with Gasteiger partial charge in [0, 0.05) is 50.3 Å². The number of anilines is 1. The summed E-state index contributed by atoms with van der Waals surface area (Å²) in [4.78, 5) is 48.8. The minimum Gasteiger partial charge on any atom is -0.383 e. The van der Waals surface area contributed by atoms with E-state index in [1.54, 1.807) is 12.0 Å². The molecule has 2 aromatic carbocycles. The number of piperidine rings is 2. The van der Waals surface area contributed by atoms with Gasteiger partial charge in [0.25, 0.3) is 11.8 Å². The summed E-state index contributed by atoms with van der Waals surface area (Å²) < 4.78 is 5.36. The Morgan fingerprint density at radius 2 is 1.69 bits per heavy atom. The van der Waals surface area contributed by atoms with Crippen LogP contribution in [0.25, 0.3) is 0 Å². The van der Waals surface area contributed by atoms with Gasteiger partial charge < -0.3 is 19.4 Å². The Bertz CT molecular complexity index is 1300. The zero-order valence-electron chi connectivity index (χ0n) is 24.9. The maximum absolute atomic E-state index is 13.6. The van der Waals surface area contributed by atoms with Crippen molar-refractivity contribution in [3.63, 3.8) is 0 Å². The summed E-state index contributed by atoms with van der Waals surface area (Å²) in [7, 11) is 1.70. The van der Waals surface area contributed by atoms with Crippen LogP contribution in [0.5, 0.6) is 0 Å². The van der Waals surface area contributed by atoms with Gasteiger partial charge in [0.15, 0.2) is 0 Å². The molecule has 6 rings (SSSR count). The van der Waals surface area contributed by atoms with Crippen LogP contribution >= 0.6 is 0 Å². The molecule has 42 heavy (non-hydrogen) atoms. The molecule has 0 radical (unpaired) electrons. The predicted octanol–water partition coefficient (Wildman–Crippen LogP) is 5.10.